The van der Waals surface area contributed by atoms with E-state index in [0.717, 1.165) is 34.1 Å². The Labute approximate surface area is 250 Å². The monoisotopic (exact) mass is 627 g/mol. The zero-order valence-corrected chi connectivity index (χ0v) is 25.2. The molecule has 10 nitrogen and oxygen atoms in total. The number of hydrogen-bond acceptors (Lipinski definition) is 7. The molecule has 0 spiro atoms. The number of rotatable bonds is 12. The standard InChI is InChI=1S/C30H30FN3O7S2/c1-4-41-25-12-10-24(11-13-25)34(43(38,39)27-14-6-22(31)7-15-27)20-30(35)32-23-8-16-26(17-9-23)42(36,37)33-28-19-21(2)5-18-29(28)40-3/h5-19,33H,4,20H2,1-3H3,(H,32,35). The van der Waals surface area contributed by atoms with Crippen LogP contribution in [0, 0.1) is 12.7 Å². The van der Waals surface area contributed by atoms with Crippen LogP contribution in [0.3, 0.4) is 0 Å². The summed E-state index contributed by atoms with van der Waals surface area (Å²) in [6.07, 6.45) is 0. The van der Waals surface area contributed by atoms with Crippen molar-refractivity contribution in [2.75, 3.05) is 34.6 Å². The first kappa shape index (κ1) is 31.3. The molecule has 0 aromatic heterocycles. The number of amides is 1. The molecular weight excluding hydrogens is 597 g/mol. The molecular formula is C30H30FN3O7S2. The molecule has 13 heteroatoms. The van der Waals surface area contributed by atoms with Crippen molar-refractivity contribution < 1.29 is 35.5 Å². The fraction of sp³-hybridized carbons (Fsp3) is 0.167. The van der Waals surface area contributed by atoms with E-state index in [2.05, 4.69) is 10.0 Å². The van der Waals surface area contributed by atoms with Gasteiger partial charge in [0.2, 0.25) is 5.91 Å². The average molecular weight is 628 g/mol. The molecule has 0 saturated heterocycles. The van der Waals surface area contributed by atoms with Crippen LogP contribution in [0.5, 0.6) is 11.5 Å². The third-order valence-corrected chi connectivity index (χ3v) is 9.34. The maximum atomic E-state index is 13.5. The topological polar surface area (TPSA) is 131 Å². The van der Waals surface area contributed by atoms with E-state index in [1.807, 2.05) is 13.8 Å². The normalized spacial score (nSPS) is 11.4. The van der Waals surface area contributed by atoms with Gasteiger partial charge < -0.3 is 14.8 Å². The Kier molecular flexibility index (Phi) is 9.56. The highest BCUT2D eigenvalue weighted by molar-refractivity contribution is 7.93. The lowest BCUT2D eigenvalue weighted by Crippen LogP contribution is -2.38. The van der Waals surface area contributed by atoms with Gasteiger partial charge in [-0.1, -0.05) is 6.07 Å². The number of anilines is 3. The van der Waals surface area contributed by atoms with Gasteiger partial charge >= 0.3 is 0 Å². The van der Waals surface area contributed by atoms with Gasteiger partial charge in [-0.2, -0.15) is 0 Å². The summed E-state index contributed by atoms with van der Waals surface area (Å²) in [7, 11) is -6.84. The lowest BCUT2D eigenvalue weighted by Gasteiger charge is -2.24. The number of hydrogen-bond donors (Lipinski definition) is 2. The van der Waals surface area contributed by atoms with Gasteiger partial charge in [0.25, 0.3) is 20.0 Å². The number of carbonyl (C=O) groups excluding carboxylic acids is 1. The van der Waals surface area contributed by atoms with Gasteiger partial charge in [0.05, 0.1) is 34.9 Å². The van der Waals surface area contributed by atoms with Crippen LogP contribution >= 0.6 is 0 Å². The highest BCUT2D eigenvalue weighted by Crippen LogP contribution is 2.29. The third kappa shape index (κ3) is 7.62. The maximum Gasteiger partial charge on any atom is 0.264 e. The number of sulfonamides is 2. The van der Waals surface area contributed by atoms with Gasteiger partial charge in [-0.15, -0.1) is 0 Å². The van der Waals surface area contributed by atoms with E-state index in [0.29, 0.717) is 18.1 Å². The smallest absolute Gasteiger partial charge is 0.264 e. The van der Waals surface area contributed by atoms with Gasteiger partial charge in [-0.3, -0.25) is 13.8 Å². The summed E-state index contributed by atoms with van der Waals surface area (Å²) >= 11 is 0. The first-order valence-corrected chi connectivity index (χ1v) is 15.9. The van der Waals surface area contributed by atoms with E-state index in [1.165, 1.54) is 43.5 Å². The van der Waals surface area contributed by atoms with Gasteiger partial charge in [-0.25, -0.2) is 21.2 Å². The summed E-state index contributed by atoms with van der Waals surface area (Å²) in [6.45, 7) is 3.41. The maximum absolute atomic E-state index is 13.5. The van der Waals surface area contributed by atoms with E-state index < -0.39 is 38.3 Å². The highest BCUT2D eigenvalue weighted by atomic mass is 32.2. The second kappa shape index (κ2) is 13.1. The molecule has 1 amide bonds. The third-order valence-electron chi connectivity index (χ3n) is 6.17. The number of ether oxygens (including phenoxy) is 2. The molecule has 4 aromatic carbocycles. The van der Waals surface area contributed by atoms with Crippen LogP contribution < -0.4 is 23.8 Å². The molecule has 226 valence electrons. The van der Waals surface area contributed by atoms with Crippen LogP contribution in [0.2, 0.25) is 0 Å². The Bertz CT molecular complexity index is 1800. The van der Waals surface area contributed by atoms with Gasteiger partial charge in [0.1, 0.15) is 23.9 Å². The molecule has 0 radical (unpaired) electrons. The molecule has 4 rings (SSSR count). The molecule has 0 atom stereocenters. The van der Waals surface area contributed by atoms with E-state index in [-0.39, 0.29) is 26.9 Å². The number of benzene rings is 4. The van der Waals surface area contributed by atoms with Gasteiger partial charge in [-0.05, 0) is 104 Å². The summed E-state index contributed by atoms with van der Waals surface area (Å²) in [5, 5.41) is 2.60. The predicted molar refractivity (Wildman–Crippen MR) is 162 cm³/mol. The fourth-order valence-corrected chi connectivity index (χ4v) is 6.56. The molecule has 0 aliphatic rings. The minimum absolute atomic E-state index is 0.0658. The molecule has 0 unspecified atom stereocenters. The summed E-state index contributed by atoms with van der Waals surface area (Å²) in [6, 6.07) is 20.9. The number of halogens is 1. The van der Waals surface area contributed by atoms with Crippen LogP contribution in [0.15, 0.2) is 101 Å². The molecule has 0 aliphatic heterocycles. The van der Waals surface area contributed by atoms with E-state index in [1.54, 1.807) is 30.3 Å². The molecule has 43 heavy (non-hydrogen) atoms. The minimum Gasteiger partial charge on any atom is -0.495 e. The average Bonchev–Trinajstić information content (AvgIpc) is 2.97. The first-order valence-electron chi connectivity index (χ1n) is 13.0. The van der Waals surface area contributed by atoms with Crippen LogP contribution in [0.25, 0.3) is 0 Å². The fourth-order valence-electron chi connectivity index (χ4n) is 4.08. The van der Waals surface area contributed by atoms with E-state index in [4.69, 9.17) is 9.47 Å². The lowest BCUT2D eigenvalue weighted by molar-refractivity contribution is -0.114. The number of carbonyl (C=O) groups is 1. The van der Waals surface area contributed by atoms with Crippen molar-refractivity contribution in [3.8, 4) is 11.5 Å². The van der Waals surface area contributed by atoms with E-state index in [9.17, 15) is 26.0 Å². The van der Waals surface area contributed by atoms with Gasteiger partial charge in [0, 0.05) is 5.69 Å². The number of nitrogens with zero attached hydrogens (tertiary/aromatic N) is 1. The van der Waals surface area contributed by atoms with Crippen LogP contribution in [0.4, 0.5) is 21.5 Å². The molecule has 2 N–H and O–H groups in total. The molecule has 0 saturated carbocycles. The van der Waals surface area contributed by atoms with Crippen LogP contribution in [0.1, 0.15) is 12.5 Å². The number of methoxy groups -OCH3 is 1. The molecule has 4 aromatic rings. The highest BCUT2D eigenvalue weighted by Gasteiger charge is 2.27. The Morgan fingerprint density at radius 3 is 2.09 bits per heavy atom. The van der Waals surface area contributed by atoms with Crippen LogP contribution in [-0.2, 0) is 24.8 Å². The number of aryl methyl sites for hydroxylation is 1. The largest absolute Gasteiger partial charge is 0.495 e. The Morgan fingerprint density at radius 1 is 0.860 bits per heavy atom. The number of nitrogens with one attached hydrogen (secondary N) is 2. The van der Waals surface area contributed by atoms with Crippen molar-refractivity contribution in [1.82, 2.24) is 0 Å². The molecule has 0 bridgehead atoms. The zero-order valence-electron chi connectivity index (χ0n) is 23.6. The summed E-state index contributed by atoms with van der Waals surface area (Å²) in [4.78, 5) is 12.8. The SMILES string of the molecule is CCOc1ccc(N(CC(=O)Nc2ccc(S(=O)(=O)Nc3cc(C)ccc3OC)cc2)S(=O)(=O)c2ccc(F)cc2)cc1. The second-order valence-electron chi connectivity index (χ2n) is 9.27. The quantitative estimate of drug-likeness (QED) is 0.221. The van der Waals surface area contributed by atoms with Crippen molar-refractivity contribution in [3.05, 3.63) is 102 Å². The molecule has 0 heterocycles. The lowest BCUT2D eigenvalue weighted by atomic mass is 10.2. The van der Waals surface area contributed by atoms with Gasteiger partial charge in [0.15, 0.2) is 0 Å². The summed E-state index contributed by atoms with van der Waals surface area (Å²) < 4.78 is 80.6. The van der Waals surface area contributed by atoms with Crippen molar-refractivity contribution in [2.45, 2.75) is 23.6 Å². The summed E-state index contributed by atoms with van der Waals surface area (Å²) in [5.74, 6) is -0.438. The van der Waals surface area contributed by atoms with E-state index >= 15 is 0 Å². The van der Waals surface area contributed by atoms with Crippen molar-refractivity contribution in [2.24, 2.45) is 0 Å². The predicted octanol–water partition coefficient (Wildman–Crippen LogP) is 5.18. The van der Waals surface area contributed by atoms with Crippen molar-refractivity contribution in [1.29, 1.82) is 0 Å². The van der Waals surface area contributed by atoms with Crippen LogP contribution in [-0.4, -0.2) is 43.0 Å². The second-order valence-corrected chi connectivity index (χ2v) is 12.8. The Balaban J connectivity index is 1.54. The molecule has 0 aliphatic carbocycles. The Hall–Kier alpha value is -4.62. The summed E-state index contributed by atoms with van der Waals surface area (Å²) in [5.41, 5.74) is 1.53. The zero-order chi connectivity index (χ0) is 31.2. The molecule has 0 fully saturated rings. The van der Waals surface area contributed by atoms with Crippen molar-refractivity contribution in [3.63, 3.8) is 0 Å². The first-order chi connectivity index (χ1) is 20.4. The van der Waals surface area contributed by atoms with Crippen molar-refractivity contribution >= 4 is 43.0 Å². The minimum atomic E-state index is -4.28. The Morgan fingerprint density at radius 2 is 1.49 bits per heavy atom.